The Labute approximate surface area is 171 Å². The van der Waals surface area contributed by atoms with Crippen LogP contribution in [0.4, 0.5) is 8.78 Å². The van der Waals surface area contributed by atoms with Crippen LogP contribution < -0.4 is 0 Å². The molecular formula is C24H42F2O2. The van der Waals surface area contributed by atoms with Crippen molar-refractivity contribution in [2.75, 3.05) is 19.8 Å². The Morgan fingerprint density at radius 1 is 0.929 bits per heavy atom. The van der Waals surface area contributed by atoms with Crippen LogP contribution in [0, 0.1) is 23.7 Å². The minimum atomic E-state index is -0.940. The number of hydrogen-bond acceptors (Lipinski definition) is 2. The average molecular weight is 401 g/mol. The van der Waals surface area contributed by atoms with Gasteiger partial charge >= 0.3 is 0 Å². The number of halogens is 2. The molecule has 0 amide bonds. The molecule has 0 aromatic rings. The van der Waals surface area contributed by atoms with Crippen molar-refractivity contribution in [1.29, 1.82) is 0 Å². The second-order valence-corrected chi connectivity index (χ2v) is 8.12. The Bertz CT molecular complexity index is 471. The molecule has 0 aliphatic heterocycles. The highest BCUT2D eigenvalue weighted by Crippen LogP contribution is 2.41. The molecule has 28 heavy (non-hydrogen) atoms. The van der Waals surface area contributed by atoms with Crippen LogP contribution in [0.15, 0.2) is 23.5 Å². The monoisotopic (exact) mass is 400 g/mol. The zero-order valence-electron chi connectivity index (χ0n) is 18.7. The molecule has 2 aliphatic rings. The highest BCUT2D eigenvalue weighted by Gasteiger charge is 2.30. The highest BCUT2D eigenvalue weighted by atomic mass is 19.2. The molecule has 2 aliphatic carbocycles. The summed E-state index contributed by atoms with van der Waals surface area (Å²) in [5, 5.41) is 0. The van der Waals surface area contributed by atoms with E-state index in [1.165, 1.54) is 44.6 Å². The van der Waals surface area contributed by atoms with E-state index < -0.39 is 11.7 Å². The first-order valence-corrected chi connectivity index (χ1v) is 11.5. The number of ether oxygens (including phenoxy) is 2. The summed E-state index contributed by atoms with van der Waals surface area (Å²) in [4.78, 5) is 0. The molecule has 0 N–H and O–H groups in total. The molecule has 0 spiro atoms. The molecule has 0 aromatic carbocycles. The Balaban J connectivity index is 0.00000190. The lowest BCUT2D eigenvalue weighted by Crippen LogP contribution is -2.26. The standard InChI is InChI=1S/C22H36F2O2.C2H6/c1-4-21(26-5-2)22(24)20(23)15-25-14-17-8-12-19(13-9-17)18-10-6-16(3)7-11-18;1-2/h4,16-19H,5-15H2,1-3H3;1-2H3/b21-4+,22-20-;. The largest absolute Gasteiger partial charge is 0.491 e. The lowest BCUT2D eigenvalue weighted by molar-refractivity contribution is 0.0689. The minimum Gasteiger partial charge on any atom is -0.491 e. The van der Waals surface area contributed by atoms with Gasteiger partial charge in [-0.25, -0.2) is 4.39 Å². The lowest BCUT2D eigenvalue weighted by atomic mass is 9.69. The summed E-state index contributed by atoms with van der Waals surface area (Å²) in [6.45, 7) is 10.3. The van der Waals surface area contributed by atoms with Crippen LogP contribution in [0.2, 0.25) is 0 Å². The fourth-order valence-corrected chi connectivity index (χ4v) is 4.52. The zero-order valence-corrected chi connectivity index (χ0v) is 18.7. The SMILES string of the molecule is C/C=C(OCC)\C(F)=C(\F)COCC1CCC(C2CCC(C)CC2)CC1.CC. The van der Waals surface area contributed by atoms with Gasteiger partial charge in [-0.3, -0.25) is 0 Å². The molecule has 0 saturated heterocycles. The van der Waals surface area contributed by atoms with Gasteiger partial charge in [0, 0.05) is 6.61 Å². The first-order chi connectivity index (χ1) is 13.5. The van der Waals surface area contributed by atoms with Gasteiger partial charge in [0.25, 0.3) is 0 Å². The summed E-state index contributed by atoms with van der Waals surface area (Å²) >= 11 is 0. The molecule has 0 bridgehead atoms. The number of rotatable bonds is 8. The Morgan fingerprint density at radius 2 is 1.46 bits per heavy atom. The summed E-state index contributed by atoms with van der Waals surface area (Å²) in [5.41, 5.74) is 0. The van der Waals surface area contributed by atoms with E-state index in [1.54, 1.807) is 13.8 Å². The van der Waals surface area contributed by atoms with E-state index in [9.17, 15) is 8.78 Å². The van der Waals surface area contributed by atoms with Crippen LogP contribution in [-0.4, -0.2) is 19.8 Å². The number of allylic oxidation sites excluding steroid dienone is 2. The minimum absolute atomic E-state index is 0.0455. The van der Waals surface area contributed by atoms with Gasteiger partial charge in [-0.1, -0.05) is 33.6 Å². The average Bonchev–Trinajstić information content (AvgIpc) is 2.74. The smallest absolute Gasteiger partial charge is 0.198 e. The van der Waals surface area contributed by atoms with Crippen molar-refractivity contribution in [3.8, 4) is 0 Å². The van der Waals surface area contributed by atoms with Gasteiger partial charge < -0.3 is 9.47 Å². The summed E-state index contributed by atoms with van der Waals surface area (Å²) in [6.07, 6.45) is 11.9. The van der Waals surface area contributed by atoms with Gasteiger partial charge in [-0.05, 0) is 82.1 Å². The van der Waals surface area contributed by atoms with E-state index in [0.29, 0.717) is 19.1 Å². The van der Waals surface area contributed by atoms with Gasteiger partial charge in [-0.2, -0.15) is 4.39 Å². The molecule has 164 valence electrons. The predicted octanol–water partition coefficient (Wildman–Crippen LogP) is 7.75. The molecule has 0 radical (unpaired) electrons. The Hall–Kier alpha value is -0.900. The maximum absolute atomic E-state index is 13.9. The molecular weight excluding hydrogens is 358 g/mol. The van der Waals surface area contributed by atoms with Crippen LogP contribution in [0.3, 0.4) is 0 Å². The van der Waals surface area contributed by atoms with Gasteiger partial charge in [0.05, 0.1) is 6.61 Å². The van der Waals surface area contributed by atoms with Crippen molar-refractivity contribution < 1.29 is 18.3 Å². The maximum atomic E-state index is 13.9. The van der Waals surface area contributed by atoms with Crippen LogP contribution in [0.5, 0.6) is 0 Å². The van der Waals surface area contributed by atoms with Crippen LogP contribution in [0.25, 0.3) is 0 Å². The summed E-state index contributed by atoms with van der Waals surface area (Å²) < 4.78 is 38.4. The van der Waals surface area contributed by atoms with E-state index in [0.717, 1.165) is 30.6 Å². The third kappa shape index (κ3) is 8.23. The highest BCUT2D eigenvalue weighted by molar-refractivity contribution is 5.22. The molecule has 2 fully saturated rings. The Kier molecular flexibility index (Phi) is 12.7. The van der Waals surface area contributed by atoms with Crippen LogP contribution in [0.1, 0.15) is 86.0 Å². The third-order valence-electron chi connectivity index (χ3n) is 6.22. The van der Waals surface area contributed by atoms with Crippen molar-refractivity contribution >= 4 is 0 Å². The molecule has 2 nitrogen and oxygen atoms in total. The summed E-state index contributed by atoms with van der Waals surface area (Å²) in [6, 6.07) is 0. The lowest BCUT2D eigenvalue weighted by Gasteiger charge is -2.37. The predicted molar refractivity (Wildman–Crippen MR) is 113 cm³/mol. The summed E-state index contributed by atoms with van der Waals surface area (Å²) in [7, 11) is 0. The molecule has 0 unspecified atom stereocenters. The molecule has 2 rings (SSSR count). The molecule has 0 aromatic heterocycles. The van der Waals surface area contributed by atoms with Gasteiger partial charge in [0.1, 0.15) is 6.61 Å². The van der Waals surface area contributed by atoms with Crippen molar-refractivity contribution in [2.24, 2.45) is 23.7 Å². The van der Waals surface area contributed by atoms with E-state index in [2.05, 4.69) is 6.92 Å². The summed E-state index contributed by atoms with van der Waals surface area (Å²) in [5.74, 6) is 1.32. The van der Waals surface area contributed by atoms with Crippen molar-refractivity contribution in [2.45, 2.75) is 86.0 Å². The van der Waals surface area contributed by atoms with Gasteiger partial charge in [-0.15, -0.1) is 0 Å². The van der Waals surface area contributed by atoms with Crippen LogP contribution >= 0.6 is 0 Å². The third-order valence-corrected chi connectivity index (χ3v) is 6.22. The van der Waals surface area contributed by atoms with Crippen LogP contribution in [-0.2, 0) is 9.47 Å². The topological polar surface area (TPSA) is 18.5 Å². The van der Waals surface area contributed by atoms with Crippen molar-refractivity contribution in [1.82, 2.24) is 0 Å². The van der Waals surface area contributed by atoms with E-state index in [4.69, 9.17) is 9.47 Å². The van der Waals surface area contributed by atoms with E-state index in [-0.39, 0.29) is 12.4 Å². The second kappa shape index (κ2) is 14.1. The zero-order chi connectivity index (χ0) is 20.9. The first kappa shape index (κ1) is 25.1. The van der Waals surface area contributed by atoms with Gasteiger partial charge in [0.2, 0.25) is 0 Å². The molecule has 4 heteroatoms. The van der Waals surface area contributed by atoms with Crippen molar-refractivity contribution in [3.63, 3.8) is 0 Å². The normalized spacial score (nSPS) is 29.5. The Morgan fingerprint density at radius 3 is 1.96 bits per heavy atom. The molecule has 2 saturated carbocycles. The van der Waals surface area contributed by atoms with Gasteiger partial charge in [0.15, 0.2) is 17.4 Å². The van der Waals surface area contributed by atoms with E-state index in [1.807, 2.05) is 13.8 Å². The molecule has 0 atom stereocenters. The fraction of sp³-hybridized carbons (Fsp3) is 0.833. The second-order valence-electron chi connectivity index (χ2n) is 8.12. The van der Waals surface area contributed by atoms with E-state index >= 15 is 0 Å². The first-order valence-electron chi connectivity index (χ1n) is 11.5. The van der Waals surface area contributed by atoms with Crippen molar-refractivity contribution in [3.05, 3.63) is 23.5 Å². The maximum Gasteiger partial charge on any atom is 0.198 e. The molecule has 0 heterocycles. The number of hydrogen-bond donors (Lipinski definition) is 0. The quantitative estimate of drug-likeness (QED) is 0.306. The fourth-order valence-electron chi connectivity index (χ4n) is 4.52.